The first kappa shape index (κ1) is 19.0. The van der Waals surface area contributed by atoms with E-state index in [1.807, 2.05) is 0 Å². The van der Waals surface area contributed by atoms with Gasteiger partial charge in [0.2, 0.25) is 0 Å². The molecule has 0 saturated heterocycles. The van der Waals surface area contributed by atoms with E-state index in [1.165, 1.54) is 38.0 Å². The van der Waals surface area contributed by atoms with Gasteiger partial charge < -0.3 is 18.8 Å². The Labute approximate surface area is 149 Å². The van der Waals surface area contributed by atoms with Gasteiger partial charge in [0.1, 0.15) is 0 Å². The molecule has 1 aromatic carbocycles. The van der Waals surface area contributed by atoms with Gasteiger partial charge in [-0.05, 0) is 13.0 Å². The number of methoxy groups -OCH3 is 3. The summed E-state index contributed by atoms with van der Waals surface area (Å²) in [5, 5.41) is 11.6. The zero-order chi connectivity index (χ0) is 19.6. The fourth-order valence-electron chi connectivity index (χ4n) is 2.81. The van der Waals surface area contributed by atoms with E-state index in [-0.39, 0.29) is 39.6 Å². The number of aldehydes is 1. The molecule has 0 fully saturated rings. The van der Waals surface area contributed by atoms with E-state index in [4.69, 9.17) is 14.2 Å². The van der Waals surface area contributed by atoms with Crippen LogP contribution in [0.2, 0.25) is 0 Å². The van der Waals surface area contributed by atoms with Crippen molar-refractivity contribution in [2.24, 2.45) is 7.05 Å². The lowest BCUT2D eigenvalue weighted by molar-refractivity contribution is -0.384. The van der Waals surface area contributed by atoms with Crippen LogP contribution in [0.3, 0.4) is 0 Å². The molecule has 9 heteroatoms. The number of hydrogen-bond donors (Lipinski definition) is 0. The van der Waals surface area contributed by atoms with Crippen molar-refractivity contribution < 1.29 is 28.7 Å². The molecule has 0 unspecified atom stereocenters. The minimum atomic E-state index is -0.703. The van der Waals surface area contributed by atoms with Gasteiger partial charge in [0, 0.05) is 18.3 Å². The molecular weight excluding hydrogens is 344 g/mol. The lowest BCUT2D eigenvalue weighted by Crippen LogP contribution is -2.05. The molecule has 9 nitrogen and oxygen atoms in total. The summed E-state index contributed by atoms with van der Waals surface area (Å²) in [5.74, 6) is -0.324. The lowest BCUT2D eigenvalue weighted by Gasteiger charge is -2.11. The molecule has 0 radical (unpaired) electrons. The molecule has 0 saturated carbocycles. The third kappa shape index (κ3) is 2.87. The third-order valence-corrected chi connectivity index (χ3v) is 4.20. The summed E-state index contributed by atoms with van der Waals surface area (Å²) in [6.07, 6.45) is 0.537. The number of carbonyl (C=O) groups excluding carboxylic acids is 2. The van der Waals surface area contributed by atoms with Gasteiger partial charge in [0.15, 0.2) is 17.8 Å². The van der Waals surface area contributed by atoms with E-state index in [1.54, 1.807) is 14.0 Å². The average molecular weight is 362 g/mol. The molecule has 1 aromatic heterocycles. The van der Waals surface area contributed by atoms with Crippen LogP contribution in [0.4, 0.5) is 5.69 Å². The normalized spacial score (nSPS) is 10.3. The van der Waals surface area contributed by atoms with Crippen LogP contribution in [0, 0.1) is 17.0 Å². The molecule has 0 aliphatic carbocycles. The maximum Gasteiger partial charge on any atom is 0.340 e. The topological polar surface area (TPSA) is 110 Å². The summed E-state index contributed by atoms with van der Waals surface area (Å²) in [7, 11) is 5.51. The van der Waals surface area contributed by atoms with Crippen molar-refractivity contribution >= 4 is 17.9 Å². The molecule has 138 valence electrons. The van der Waals surface area contributed by atoms with Crippen LogP contribution >= 0.6 is 0 Å². The lowest BCUT2D eigenvalue weighted by atomic mass is 9.98. The fourth-order valence-corrected chi connectivity index (χ4v) is 2.81. The highest BCUT2D eigenvalue weighted by Crippen LogP contribution is 2.43. The molecule has 0 amide bonds. The number of ether oxygens (including phenoxy) is 3. The van der Waals surface area contributed by atoms with Gasteiger partial charge in [-0.2, -0.15) is 0 Å². The van der Waals surface area contributed by atoms with Gasteiger partial charge in [-0.15, -0.1) is 0 Å². The van der Waals surface area contributed by atoms with E-state index >= 15 is 0 Å². The summed E-state index contributed by atoms with van der Waals surface area (Å²) in [5.41, 5.74) is 0.462. The first-order valence-corrected chi connectivity index (χ1v) is 7.45. The summed E-state index contributed by atoms with van der Waals surface area (Å²) in [6.45, 7) is 1.62. The number of nitro groups is 1. The standard InChI is InChI=1S/C17H18N2O7/c1-9-15(17(21)26-5)16(12(8-20)18(9)2)10-6-13(24-3)14(25-4)7-11(10)19(22)23/h6-8H,1-5H3. The summed E-state index contributed by atoms with van der Waals surface area (Å²) < 4.78 is 16.6. The van der Waals surface area contributed by atoms with Crippen molar-refractivity contribution in [3.63, 3.8) is 0 Å². The Morgan fingerprint density at radius 2 is 1.77 bits per heavy atom. The van der Waals surface area contributed by atoms with Crippen LogP contribution < -0.4 is 9.47 Å². The Balaban J connectivity index is 3.00. The van der Waals surface area contributed by atoms with Crippen molar-refractivity contribution in [2.45, 2.75) is 6.92 Å². The van der Waals surface area contributed by atoms with Crippen molar-refractivity contribution in [3.8, 4) is 22.6 Å². The highest BCUT2D eigenvalue weighted by atomic mass is 16.6. The molecule has 0 atom stereocenters. The van der Waals surface area contributed by atoms with Crippen LogP contribution in [0.1, 0.15) is 26.5 Å². The van der Waals surface area contributed by atoms with E-state index in [9.17, 15) is 19.7 Å². The summed E-state index contributed by atoms with van der Waals surface area (Å²) in [4.78, 5) is 34.9. The highest BCUT2D eigenvalue weighted by molar-refractivity contribution is 6.05. The molecule has 0 N–H and O–H groups in total. The van der Waals surface area contributed by atoms with E-state index in [2.05, 4.69) is 0 Å². The van der Waals surface area contributed by atoms with Crippen LogP contribution in [0.5, 0.6) is 11.5 Å². The number of aromatic nitrogens is 1. The van der Waals surface area contributed by atoms with Crippen LogP contribution in [-0.2, 0) is 11.8 Å². The van der Waals surface area contributed by atoms with Gasteiger partial charge in [0.05, 0.1) is 49.1 Å². The van der Waals surface area contributed by atoms with Crippen molar-refractivity contribution in [1.82, 2.24) is 4.57 Å². The van der Waals surface area contributed by atoms with Crippen LogP contribution in [0.25, 0.3) is 11.1 Å². The minimum absolute atomic E-state index is 0.0545. The number of nitro benzene ring substituents is 1. The Morgan fingerprint density at radius 1 is 1.19 bits per heavy atom. The molecule has 0 aliphatic heterocycles. The SMILES string of the molecule is COC(=O)c1c(-c2cc(OC)c(OC)cc2[N+](=O)[O-])c(C=O)n(C)c1C. The Bertz CT molecular complexity index is 899. The van der Waals surface area contributed by atoms with Gasteiger partial charge in [-0.3, -0.25) is 14.9 Å². The first-order chi connectivity index (χ1) is 12.3. The molecule has 2 aromatic rings. The average Bonchev–Trinajstić information content (AvgIpc) is 2.90. The summed E-state index contributed by atoms with van der Waals surface area (Å²) >= 11 is 0. The molecule has 0 bridgehead atoms. The predicted molar refractivity (Wildman–Crippen MR) is 92.1 cm³/mol. The first-order valence-electron chi connectivity index (χ1n) is 7.45. The van der Waals surface area contributed by atoms with Gasteiger partial charge in [-0.1, -0.05) is 0 Å². The molecule has 0 spiro atoms. The molecule has 26 heavy (non-hydrogen) atoms. The number of hydrogen-bond acceptors (Lipinski definition) is 7. The third-order valence-electron chi connectivity index (χ3n) is 4.20. The quantitative estimate of drug-likeness (QED) is 0.336. The number of benzene rings is 1. The highest BCUT2D eigenvalue weighted by Gasteiger charge is 2.31. The molecular formula is C17H18N2O7. The van der Waals surface area contributed by atoms with Crippen LogP contribution in [0.15, 0.2) is 12.1 Å². The van der Waals surface area contributed by atoms with E-state index < -0.39 is 10.9 Å². The Hall–Kier alpha value is -3.36. The smallest absolute Gasteiger partial charge is 0.340 e. The second-order valence-electron chi connectivity index (χ2n) is 5.37. The van der Waals surface area contributed by atoms with Crippen molar-refractivity contribution in [1.29, 1.82) is 0 Å². The summed E-state index contributed by atoms with van der Waals surface area (Å²) in [6, 6.07) is 2.55. The zero-order valence-corrected chi connectivity index (χ0v) is 15.0. The minimum Gasteiger partial charge on any atom is -0.493 e. The number of carbonyl (C=O) groups is 2. The number of rotatable bonds is 6. The maximum absolute atomic E-state index is 12.3. The molecule has 1 heterocycles. The number of nitrogens with zero attached hydrogens (tertiary/aromatic N) is 2. The second kappa shape index (κ2) is 7.26. The van der Waals surface area contributed by atoms with Gasteiger partial charge in [0.25, 0.3) is 5.69 Å². The number of esters is 1. The monoisotopic (exact) mass is 362 g/mol. The van der Waals surface area contributed by atoms with E-state index in [0.717, 1.165) is 0 Å². The van der Waals surface area contributed by atoms with E-state index in [0.29, 0.717) is 12.0 Å². The zero-order valence-electron chi connectivity index (χ0n) is 15.0. The molecule has 0 aliphatic rings. The molecule has 2 rings (SSSR count). The Morgan fingerprint density at radius 3 is 2.23 bits per heavy atom. The fraction of sp³-hybridized carbons (Fsp3) is 0.294. The van der Waals surface area contributed by atoms with Gasteiger partial charge in [-0.25, -0.2) is 4.79 Å². The van der Waals surface area contributed by atoms with Gasteiger partial charge >= 0.3 is 5.97 Å². The second-order valence-corrected chi connectivity index (χ2v) is 5.37. The van der Waals surface area contributed by atoms with Crippen molar-refractivity contribution in [2.75, 3.05) is 21.3 Å². The maximum atomic E-state index is 12.3. The van der Waals surface area contributed by atoms with Crippen LogP contribution in [-0.4, -0.2) is 43.1 Å². The Kier molecular flexibility index (Phi) is 5.30. The van der Waals surface area contributed by atoms with Crippen molar-refractivity contribution in [3.05, 3.63) is 39.2 Å². The largest absolute Gasteiger partial charge is 0.493 e. The predicted octanol–water partition coefficient (Wildman–Crippen LogP) is 2.53.